The van der Waals surface area contributed by atoms with Crippen LogP contribution in [0.15, 0.2) is 31.1 Å². The van der Waals surface area contributed by atoms with E-state index in [4.69, 9.17) is 0 Å². The van der Waals surface area contributed by atoms with Gasteiger partial charge in [-0.2, -0.15) is 0 Å². The zero-order chi connectivity index (χ0) is 9.97. The molecule has 0 radical (unpaired) electrons. The molecule has 0 spiro atoms. The molecule has 2 heterocycles. The SMILES string of the molecule is CC(C)c1cnc(-n2ccnc2)cn1. The first-order chi connectivity index (χ1) is 6.77. The Morgan fingerprint density at radius 1 is 1.21 bits per heavy atom. The third kappa shape index (κ3) is 1.64. The molecule has 0 aliphatic heterocycles. The molecule has 0 fully saturated rings. The van der Waals surface area contributed by atoms with E-state index in [1.54, 1.807) is 24.9 Å². The summed E-state index contributed by atoms with van der Waals surface area (Å²) in [4.78, 5) is 12.6. The summed E-state index contributed by atoms with van der Waals surface area (Å²) in [6, 6.07) is 0. The number of hydrogen-bond acceptors (Lipinski definition) is 3. The summed E-state index contributed by atoms with van der Waals surface area (Å²) in [5, 5.41) is 0. The molecule has 0 saturated heterocycles. The first-order valence-electron chi connectivity index (χ1n) is 4.57. The zero-order valence-electron chi connectivity index (χ0n) is 8.25. The van der Waals surface area contributed by atoms with Crippen molar-refractivity contribution in [1.29, 1.82) is 0 Å². The number of nitrogens with zero attached hydrogens (tertiary/aromatic N) is 4. The minimum atomic E-state index is 0.416. The first-order valence-corrected chi connectivity index (χ1v) is 4.57. The van der Waals surface area contributed by atoms with Crippen LogP contribution in [0.4, 0.5) is 0 Å². The average molecular weight is 188 g/mol. The molecule has 2 aromatic rings. The highest BCUT2D eigenvalue weighted by molar-refractivity contribution is 5.19. The van der Waals surface area contributed by atoms with Crippen molar-refractivity contribution in [3.05, 3.63) is 36.8 Å². The quantitative estimate of drug-likeness (QED) is 0.721. The van der Waals surface area contributed by atoms with Gasteiger partial charge in [0.15, 0.2) is 5.82 Å². The Labute approximate surface area is 82.7 Å². The lowest BCUT2D eigenvalue weighted by atomic mass is 10.1. The number of aromatic nitrogens is 4. The normalized spacial score (nSPS) is 10.8. The summed E-state index contributed by atoms with van der Waals surface area (Å²) in [5.41, 5.74) is 1.01. The molecule has 0 saturated carbocycles. The van der Waals surface area contributed by atoms with Crippen LogP contribution in [-0.2, 0) is 0 Å². The lowest BCUT2D eigenvalue weighted by Crippen LogP contribution is -1.99. The topological polar surface area (TPSA) is 43.6 Å². The molecule has 0 N–H and O–H groups in total. The van der Waals surface area contributed by atoms with Crippen molar-refractivity contribution in [1.82, 2.24) is 19.5 Å². The minimum absolute atomic E-state index is 0.416. The monoisotopic (exact) mass is 188 g/mol. The molecule has 2 rings (SSSR count). The van der Waals surface area contributed by atoms with Crippen LogP contribution in [0.5, 0.6) is 0 Å². The van der Waals surface area contributed by atoms with Gasteiger partial charge >= 0.3 is 0 Å². The fraction of sp³-hybridized carbons (Fsp3) is 0.300. The van der Waals surface area contributed by atoms with Gasteiger partial charge in [0.25, 0.3) is 0 Å². The molecule has 0 aliphatic rings. The Kier molecular flexibility index (Phi) is 2.26. The molecular formula is C10H12N4. The fourth-order valence-corrected chi connectivity index (χ4v) is 1.16. The summed E-state index contributed by atoms with van der Waals surface area (Å²) in [5.74, 6) is 1.21. The van der Waals surface area contributed by atoms with Gasteiger partial charge in [-0.15, -0.1) is 0 Å². The van der Waals surface area contributed by atoms with Crippen molar-refractivity contribution in [3.63, 3.8) is 0 Å². The van der Waals surface area contributed by atoms with Gasteiger partial charge in [0.2, 0.25) is 0 Å². The lowest BCUT2D eigenvalue weighted by Gasteiger charge is -2.04. The average Bonchev–Trinajstić information content (AvgIpc) is 2.71. The van der Waals surface area contributed by atoms with Crippen LogP contribution in [0.2, 0.25) is 0 Å². The largest absolute Gasteiger partial charge is 0.289 e. The number of rotatable bonds is 2. The van der Waals surface area contributed by atoms with E-state index in [-0.39, 0.29) is 0 Å². The fourth-order valence-electron chi connectivity index (χ4n) is 1.16. The van der Waals surface area contributed by atoms with Crippen molar-refractivity contribution in [2.45, 2.75) is 19.8 Å². The van der Waals surface area contributed by atoms with E-state index in [2.05, 4.69) is 28.8 Å². The molecule has 2 aromatic heterocycles. The third-order valence-electron chi connectivity index (χ3n) is 2.02. The second kappa shape index (κ2) is 3.57. The van der Waals surface area contributed by atoms with Gasteiger partial charge in [-0.1, -0.05) is 13.8 Å². The Hall–Kier alpha value is -1.71. The van der Waals surface area contributed by atoms with E-state index in [1.165, 1.54) is 0 Å². The smallest absolute Gasteiger partial charge is 0.156 e. The van der Waals surface area contributed by atoms with E-state index in [0.29, 0.717) is 5.92 Å². The van der Waals surface area contributed by atoms with Crippen LogP contribution in [-0.4, -0.2) is 19.5 Å². The molecule has 0 atom stereocenters. The molecule has 4 nitrogen and oxygen atoms in total. The molecule has 4 heteroatoms. The molecule has 0 bridgehead atoms. The maximum absolute atomic E-state index is 4.32. The predicted molar refractivity (Wildman–Crippen MR) is 53.2 cm³/mol. The van der Waals surface area contributed by atoms with Crippen LogP contribution in [0.1, 0.15) is 25.5 Å². The molecule has 0 amide bonds. The van der Waals surface area contributed by atoms with E-state index in [1.807, 2.05) is 10.8 Å². The standard InChI is InChI=1S/C10H12N4/c1-8(2)9-5-13-10(6-12-9)14-4-3-11-7-14/h3-8H,1-2H3. The van der Waals surface area contributed by atoms with E-state index < -0.39 is 0 Å². The summed E-state index contributed by atoms with van der Waals surface area (Å²) >= 11 is 0. The van der Waals surface area contributed by atoms with E-state index in [9.17, 15) is 0 Å². The molecule has 0 aromatic carbocycles. The molecular weight excluding hydrogens is 176 g/mol. The van der Waals surface area contributed by atoms with Crippen molar-refractivity contribution in [2.75, 3.05) is 0 Å². The summed E-state index contributed by atoms with van der Waals surface area (Å²) in [6.07, 6.45) is 8.84. The van der Waals surface area contributed by atoms with Gasteiger partial charge < -0.3 is 0 Å². The molecule has 72 valence electrons. The second-order valence-electron chi connectivity index (χ2n) is 3.42. The van der Waals surface area contributed by atoms with Gasteiger partial charge in [0, 0.05) is 12.4 Å². The van der Waals surface area contributed by atoms with Gasteiger partial charge in [-0.3, -0.25) is 9.55 Å². The summed E-state index contributed by atoms with van der Waals surface area (Å²) in [6.45, 7) is 4.20. The lowest BCUT2D eigenvalue weighted by molar-refractivity contribution is 0.803. The third-order valence-corrected chi connectivity index (χ3v) is 2.02. The van der Waals surface area contributed by atoms with Crippen molar-refractivity contribution in [3.8, 4) is 5.82 Å². The number of hydrogen-bond donors (Lipinski definition) is 0. The maximum Gasteiger partial charge on any atom is 0.156 e. The van der Waals surface area contributed by atoms with Crippen LogP contribution in [0.3, 0.4) is 0 Å². The van der Waals surface area contributed by atoms with Crippen LogP contribution < -0.4 is 0 Å². The minimum Gasteiger partial charge on any atom is -0.289 e. The Balaban J connectivity index is 2.31. The zero-order valence-corrected chi connectivity index (χ0v) is 8.25. The first kappa shape index (κ1) is 8.87. The van der Waals surface area contributed by atoms with Crippen LogP contribution in [0.25, 0.3) is 5.82 Å². The van der Waals surface area contributed by atoms with Crippen molar-refractivity contribution < 1.29 is 0 Å². The van der Waals surface area contributed by atoms with Crippen LogP contribution >= 0.6 is 0 Å². The number of imidazole rings is 1. The van der Waals surface area contributed by atoms with Crippen LogP contribution in [0, 0.1) is 0 Å². The van der Waals surface area contributed by atoms with E-state index in [0.717, 1.165) is 11.5 Å². The van der Waals surface area contributed by atoms with Gasteiger partial charge in [0.1, 0.15) is 6.33 Å². The highest BCUT2D eigenvalue weighted by Gasteiger charge is 2.02. The Bertz CT molecular complexity index is 389. The Morgan fingerprint density at radius 3 is 2.57 bits per heavy atom. The molecule has 14 heavy (non-hydrogen) atoms. The van der Waals surface area contributed by atoms with Gasteiger partial charge in [-0.05, 0) is 5.92 Å². The van der Waals surface area contributed by atoms with Gasteiger partial charge in [0.05, 0.1) is 18.1 Å². The summed E-state index contributed by atoms with van der Waals surface area (Å²) < 4.78 is 1.83. The second-order valence-corrected chi connectivity index (χ2v) is 3.42. The highest BCUT2D eigenvalue weighted by atomic mass is 15.1. The van der Waals surface area contributed by atoms with Crippen molar-refractivity contribution in [2.24, 2.45) is 0 Å². The summed E-state index contributed by atoms with van der Waals surface area (Å²) in [7, 11) is 0. The maximum atomic E-state index is 4.32. The highest BCUT2D eigenvalue weighted by Crippen LogP contribution is 2.10. The molecule has 0 aliphatic carbocycles. The Morgan fingerprint density at radius 2 is 2.07 bits per heavy atom. The van der Waals surface area contributed by atoms with Gasteiger partial charge in [-0.25, -0.2) is 9.97 Å². The predicted octanol–water partition coefficient (Wildman–Crippen LogP) is 1.79. The van der Waals surface area contributed by atoms with Crippen molar-refractivity contribution >= 4 is 0 Å². The molecule has 0 unspecified atom stereocenters. The van der Waals surface area contributed by atoms with E-state index >= 15 is 0 Å².